The van der Waals surface area contributed by atoms with Crippen LogP contribution >= 0.6 is 11.8 Å². The van der Waals surface area contributed by atoms with E-state index in [1.54, 1.807) is 12.1 Å². The van der Waals surface area contributed by atoms with E-state index >= 15 is 0 Å². The maximum Gasteiger partial charge on any atom is 0.248 e. The van der Waals surface area contributed by atoms with Crippen LogP contribution in [0.1, 0.15) is 44.1 Å². The minimum Gasteiger partial charge on any atom is -0.346 e. The first-order valence-electron chi connectivity index (χ1n) is 10.4. The molecule has 2 aliphatic heterocycles. The van der Waals surface area contributed by atoms with Gasteiger partial charge < -0.3 is 4.90 Å². The number of nitrogens with zero attached hydrogens (tertiary/aromatic N) is 2. The number of fused-ring (bicyclic) bond motifs is 1. The second kappa shape index (κ2) is 8.76. The molecule has 1 saturated carbocycles. The summed E-state index contributed by atoms with van der Waals surface area (Å²) in [6.45, 7) is 0.573. The van der Waals surface area contributed by atoms with Gasteiger partial charge in [-0.25, -0.2) is 12.8 Å². The van der Waals surface area contributed by atoms with Crippen molar-refractivity contribution in [3.05, 3.63) is 35.6 Å². The average Bonchev–Trinajstić information content (AvgIpc) is 3.35. The molecule has 2 atom stereocenters. The van der Waals surface area contributed by atoms with Crippen molar-refractivity contribution in [1.82, 2.24) is 4.90 Å². The summed E-state index contributed by atoms with van der Waals surface area (Å²) in [5.74, 6) is 0.527. The lowest BCUT2D eigenvalue weighted by molar-refractivity contribution is -0.118. The zero-order chi connectivity index (χ0) is 20.4. The minimum atomic E-state index is -3.05. The summed E-state index contributed by atoms with van der Waals surface area (Å²) in [5, 5.41) is 0.600. The summed E-state index contributed by atoms with van der Waals surface area (Å²) >= 11 is 1.43. The molecule has 158 valence electrons. The molecule has 4 rings (SSSR count). The summed E-state index contributed by atoms with van der Waals surface area (Å²) in [5.41, 5.74) is 0.979. The van der Waals surface area contributed by atoms with Crippen molar-refractivity contribution in [3.8, 4) is 0 Å². The SMILES string of the molecule is O=C(CCC1CCCC1)N=C1S[C@@H]2CS(=O)(=O)C[C@H]2N1CCc1ccc(F)cc1. The Morgan fingerprint density at radius 3 is 2.62 bits per heavy atom. The van der Waals surface area contributed by atoms with Crippen LogP contribution in [-0.2, 0) is 21.1 Å². The van der Waals surface area contributed by atoms with Crippen molar-refractivity contribution in [2.45, 2.75) is 56.2 Å². The van der Waals surface area contributed by atoms with Crippen LogP contribution in [0.2, 0.25) is 0 Å². The highest BCUT2D eigenvalue weighted by Gasteiger charge is 2.48. The van der Waals surface area contributed by atoms with E-state index < -0.39 is 9.84 Å². The molecule has 1 aromatic carbocycles. The summed E-state index contributed by atoms with van der Waals surface area (Å²) in [7, 11) is -3.05. The number of amides is 1. The molecule has 3 fully saturated rings. The zero-order valence-corrected chi connectivity index (χ0v) is 18.1. The Balaban J connectivity index is 1.44. The van der Waals surface area contributed by atoms with Gasteiger partial charge in [-0.3, -0.25) is 4.79 Å². The highest BCUT2D eigenvalue weighted by atomic mass is 32.2. The molecule has 0 unspecified atom stereocenters. The molecule has 1 amide bonds. The minimum absolute atomic E-state index is 0.0606. The first-order chi connectivity index (χ1) is 13.9. The fourth-order valence-electron chi connectivity index (χ4n) is 4.59. The van der Waals surface area contributed by atoms with Gasteiger partial charge in [0.1, 0.15) is 5.82 Å². The third-order valence-electron chi connectivity index (χ3n) is 6.19. The highest BCUT2D eigenvalue weighted by molar-refractivity contribution is 8.15. The van der Waals surface area contributed by atoms with E-state index in [1.807, 2.05) is 4.90 Å². The summed E-state index contributed by atoms with van der Waals surface area (Å²) < 4.78 is 37.3. The molecule has 0 aromatic heterocycles. The maximum atomic E-state index is 13.1. The molecular formula is C21H27FN2O3S2. The normalized spacial score (nSPS) is 27.6. The number of carbonyl (C=O) groups excluding carboxylic acids is 1. The van der Waals surface area contributed by atoms with Crippen LogP contribution in [0.25, 0.3) is 0 Å². The number of aliphatic imine (C=N–C) groups is 1. The Bertz CT molecular complexity index is 880. The van der Waals surface area contributed by atoms with Crippen LogP contribution < -0.4 is 0 Å². The predicted molar refractivity (Wildman–Crippen MR) is 114 cm³/mol. The summed E-state index contributed by atoms with van der Waals surface area (Å²) in [4.78, 5) is 18.9. The van der Waals surface area contributed by atoms with Gasteiger partial charge in [0.15, 0.2) is 15.0 Å². The van der Waals surface area contributed by atoms with Gasteiger partial charge in [0.25, 0.3) is 0 Å². The van der Waals surface area contributed by atoms with E-state index in [-0.39, 0.29) is 34.5 Å². The van der Waals surface area contributed by atoms with E-state index in [4.69, 9.17) is 0 Å². The second-order valence-corrected chi connectivity index (χ2v) is 11.7. The molecule has 0 spiro atoms. The molecule has 0 N–H and O–H groups in total. The first-order valence-corrected chi connectivity index (χ1v) is 13.1. The van der Waals surface area contributed by atoms with Gasteiger partial charge in [-0.1, -0.05) is 49.6 Å². The van der Waals surface area contributed by atoms with Gasteiger partial charge >= 0.3 is 0 Å². The van der Waals surface area contributed by atoms with Gasteiger partial charge in [0.2, 0.25) is 5.91 Å². The van der Waals surface area contributed by atoms with E-state index in [9.17, 15) is 17.6 Å². The summed E-state index contributed by atoms with van der Waals surface area (Å²) in [6.07, 6.45) is 6.97. The lowest BCUT2D eigenvalue weighted by atomic mass is 10.0. The maximum absolute atomic E-state index is 13.1. The Labute approximate surface area is 176 Å². The fraction of sp³-hybridized carbons (Fsp3) is 0.619. The molecule has 3 aliphatic rings. The molecule has 8 heteroatoms. The van der Waals surface area contributed by atoms with Crippen molar-refractivity contribution in [1.29, 1.82) is 0 Å². The summed E-state index contributed by atoms with van der Waals surface area (Å²) in [6, 6.07) is 6.21. The second-order valence-electron chi connectivity index (χ2n) is 8.35. The third kappa shape index (κ3) is 5.20. The quantitative estimate of drug-likeness (QED) is 0.681. The number of hydrogen-bond acceptors (Lipinski definition) is 4. The van der Waals surface area contributed by atoms with E-state index in [0.717, 1.165) is 12.0 Å². The van der Waals surface area contributed by atoms with Crippen molar-refractivity contribution < 1.29 is 17.6 Å². The molecule has 2 saturated heterocycles. The van der Waals surface area contributed by atoms with Crippen molar-refractivity contribution in [3.63, 3.8) is 0 Å². The number of rotatable bonds is 6. The largest absolute Gasteiger partial charge is 0.346 e. The molecule has 1 aromatic rings. The molecule has 29 heavy (non-hydrogen) atoms. The smallest absolute Gasteiger partial charge is 0.248 e. The van der Waals surface area contributed by atoms with Crippen LogP contribution in [-0.4, -0.2) is 53.7 Å². The Morgan fingerprint density at radius 1 is 1.17 bits per heavy atom. The Hall–Kier alpha value is -1.41. The topological polar surface area (TPSA) is 66.8 Å². The van der Waals surface area contributed by atoms with Gasteiger partial charge in [-0.15, -0.1) is 0 Å². The molecule has 0 bridgehead atoms. The van der Waals surface area contributed by atoms with Gasteiger partial charge in [0, 0.05) is 18.2 Å². The number of thioether (sulfide) groups is 1. The number of sulfone groups is 1. The van der Waals surface area contributed by atoms with Crippen molar-refractivity contribution >= 4 is 32.7 Å². The van der Waals surface area contributed by atoms with E-state index in [0.29, 0.717) is 30.5 Å². The number of hydrogen-bond donors (Lipinski definition) is 0. The van der Waals surface area contributed by atoms with Crippen LogP contribution in [0.4, 0.5) is 4.39 Å². The standard InChI is InChI=1S/C21H27FN2O3S2/c22-17-8-5-16(6-9-17)11-12-24-18-13-29(26,27)14-19(18)28-21(24)23-20(25)10-7-15-3-1-2-4-15/h5-6,8-9,15,18-19H,1-4,7,10-14H2/t18-,19-/m1/s1. The van der Waals surface area contributed by atoms with Crippen molar-refractivity contribution in [2.75, 3.05) is 18.1 Å². The van der Waals surface area contributed by atoms with Crippen LogP contribution in [0.5, 0.6) is 0 Å². The Kier molecular flexibility index (Phi) is 6.30. The number of benzene rings is 1. The fourth-order valence-corrected chi connectivity index (χ4v) is 8.58. The Morgan fingerprint density at radius 2 is 1.90 bits per heavy atom. The monoisotopic (exact) mass is 438 g/mol. The molecule has 1 aliphatic carbocycles. The molecular weight excluding hydrogens is 411 g/mol. The van der Waals surface area contributed by atoms with Crippen LogP contribution in [0.15, 0.2) is 29.3 Å². The molecule has 5 nitrogen and oxygen atoms in total. The third-order valence-corrected chi connectivity index (χ3v) is 9.44. The van der Waals surface area contributed by atoms with E-state index in [1.165, 1.54) is 49.6 Å². The lowest BCUT2D eigenvalue weighted by Gasteiger charge is -2.24. The number of amidine groups is 1. The van der Waals surface area contributed by atoms with Crippen molar-refractivity contribution in [2.24, 2.45) is 10.9 Å². The van der Waals surface area contributed by atoms with Gasteiger partial charge in [-0.05, 0) is 36.5 Å². The number of carbonyl (C=O) groups is 1. The van der Waals surface area contributed by atoms with Gasteiger partial charge in [-0.2, -0.15) is 4.99 Å². The van der Waals surface area contributed by atoms with Gasteiger partial charge in [0.05, 0.1) is 17.5 Å². The lowest BCUT2D eigenvalue weighted by Crippen LogP contribution is -2.39. The number of halogens is 1. The van der Waals surface area contributed by atoms with Crippen LogP contribution in [0.3, 0.4) is 0 Å². The molecule has 0 radical (unpaired) electrons. The molecule has 2 heterocycles. The predicted octanol–water partition coefficient (Wildman–Crippen LogP) is 3.44. The highest BCUT2D eigenvalue weighted by Crippen LogP contribution is 2.38. The van der Waals surface area contributed by atoms with E-state index in [2.05, 4.69) is 4.99 Å². The van der Waals surface area contributed by atoms with Crippen LogP contribution in [0, 0.1) is 11.7 Å². The zero-order valence-electron chi connectivity index (χ0n) is 16.4. The average molecular weight is 439 g/mol. The first kappa shape index (κ1) is 20.8.